The number of H-pyrrole nitrogens is 1. The van der Waals surface area contributed by atoms with Gasteiger partial charge in [-0.15, -0.1) is 0 Å². The van der Waals surface area contributed by atoms with Crippen LogP contribution in [0.5, 0.6) is 0 Å². The molecule has 0 saturated carbocycles. The summed E-state index contributed by atoms with van der Waals surface area (Å²) in [6.45, 7) is 1.83. The topological polar surface area (TPSA) is 84.0 Å². The minimum Gasteiger partial charge on any atom is -0.372 e. The second-order valence-electron chi connectivity index (χ2n) is 6.57. The van der Waals surface area contributed by atoms with Gasteiger partial charge in [-0.2, -0.15) is 5.10 Å². The molecule has 1 N–H and O–H groups in total. The molecule has 3 heterocycles. The van der Waals surface area contributed by atoms with E-state index in [0.29, 0.717) is 24.5 Å². The van der Waals surface area contributed by atoms with Gasteiger partial charge in [0.25, 0.3) is 5.91 Å². The zero-order chi connectivity index (χ0) is 18.5. The first-order valence-electron chi connectivity index (χ1n) is 9.06. The molecule has 27 heavy (non-hydrogen) atoms. The van der Waals surface area contributed by atoms with Gasteiger partial charge < -0.3 is 9.64 Å². The van der Waals surface area contributed by atoms with Crippen LogP contribution in [0.3, 0.4) is 0 Å². The lowest BCUT2D eigenvalue weighted by atomic mass is 10.0. The number of carbonyl (C=O) groups is 1. The molecule has 7 heteroatoms. The van der Waals surface area contributed by atoms with E-state index in [0.717, 1.165) is 30.5 Å². The molecular formula is C20H21N5O2. The molecule has 1 aliphatic heterocycles. The predicted molar refractivity (Wildman–Crippen MR) is 99.8 cm³/mol. The lowest BCUT2D eigenvalue weighted by molar-refractivity contribution is -0.00679. The van der Waals surface area contributed by atoms with Crippen molar-refractivity contribution in [3.05, 3.63) is 66.2 Å². The Hall–Kier alpha value is -3.06. The standard InChI is InChI=1S/C20H21N5O2/c26-20(18-8-2-1-7-17(18)19-22-14-23-24-19)25-10-4-6-16(12-25)27-13-15-5-3-9-21-11-15/h1-3,5,7-9,11,14,16H,4,6,10,12-13H2,(H,22,23,24)/t16-/m0/s1. The molecule has 3 aromatic rings. The number of benzene rings is 1. The first-order valence-corrected chi connectivity index (χ1v) is 9.06. The molecule has 1 fully saturated rings. The molecule has 1 aliphatic rings. The van der Waals surface area contributed by atoms with Crippen molar-refractivity contribution in [1.82, 2.24) is 25.1 Å². The number of hydrogen-bond donors (Lipinski definition) is 1. The van der Waals surface area contributed by atoms with E-state index in [1.54, 1.807) is 12.4 Å². The summed E-state index contributed by atoms with van der Waals surface area (Å²) in [6, 6.07) is 11.4. The fraction of sp³-hybridized carbons (Fsp3) is 0.300. The van der Waals surface area contributed by atoms with Crippen molar-refractivity contribution in [1.29, 1.82) is 0 Å². The number of aromatic amines is 1. The largest absolute Gasteiger partial charge is 0.372 e. The highest BCUT2D eigenvalue weighted by Gasteiger charge is 2.26. The van der Waals surface area contributed by atoms with Crippen LogP contribution in [-0.2, 0) is 11.3 Å². The van der Waals surface area contributed by atoms with Crippen LogP contribution in [-0.4, -0.2) is 50.2 Å². The van der Waals surface area contributed by atoms with Crippen molar-refractivity contribution >= 4 is 5.91 Å². The van der Waals surface area contributed by atoms with Crippen molar-refractivity contribution in [2.24, 2.45) is 0 Å². The third-order valence-corrected chi connectivity index (χ3v) is 4.70. The smallest absolute Gasteiger partial charge is 0.254 e. The number of nitrogens with one attached hydrogen (secondary N) is 1. The Morgan fingerprint density at radius 1 is 1.26 bits per heavy atom. The Labute approximate surface area is 157 Å². The molecule has 0 spiro atoms. The zero-order valence-electron chi connectivity index (χ0n) is 14.9. The summed E-state index contributed by atoms with van der Waals surface area (Å²) >= 11 is 0. The lowest BCUT2D eigenvalue weighted by Gasteiger charge is -2.33. The predicted octanol–water partition coefficient (Wildman–Crippen LogP) is 2.69. The summed E-state index contributed by atoms with van der Waals surface area (Å²) in [5.41, 5.74) is 2.43. The summed E-state index contributed by atoms with van der Waals surface area (Å²) in [4.78, 5) is 23.3. The van der Waals surface area contributed by atoms with Gasteiger partial charge in [-0.1, -0.05) is 24.3 Å². The molecule has 138 valence electrons. The van der Waals surface area contributed by atoms with Crippen molar-refractivity contribution in [3.8, 4) is 11.4 Å². The lowest BCUT2D eigenvalue weighted by Crippen LogP contribution is -2.43. The molecule has 0 aliphatic carbocycles. The van der Waals surface area contributed by atoms with Gasteiger partial charge >= 0.3 is 0 Å². The normalized spacial score (nSPS) is 17.0. The average molecular weight is 363 g/mol. The molecular weight excluding hydrogens is 342 g/mol. The van der Waals surface area contributed by atoms with Gasteiger partial charge in [-0.25, -0.2) is 4.98 Å². The van der Waals surface area contributed by atoms with Gasteiger partial charge in [-0.3, -0.25) is 14.9 Å². The van der Waals surface area contributed by atoms with Crippen LogP contribution in [0, 0.1) is 0 Å². The maximum atomic E-state index is 13.1. The van der Waals surface area contributed by atoms with E-state index in [1.165, 1.54) is 6.33 Å². The zero-order valence-corrected chi connectivity index (χ0v) is 14.9. The van der Waals surface area contributed by atoms with Crippen LogP contribution in [0.2, 0.25) is 0 Å². The number of piperidine rings is 1. The molecule has 1 atom stereocenters. The quantitative estimate of drug-likeness (QED) is 0.753. The van der Waals surface area contributed by atoms with E-state index >= 15 is 0 Å². The Kier molecular flexibility index (Phi) is 5.20. The maximum Gasteiger partial charge on any atom is 0.254 e. The summed E-state index contributed by atoms with van der Waals surface area (Å²) in [5.74, 6) is 0.594. The highest BCUT2D eigenvalue weighted by molar-refractivity contribution is 6.00. The second-order valence-corrected chi connectivity index (χ2v) is 6.57. The van der Waals surface area contributed by atoms with Crippen molar-refractivity contribution in [2.45, 2.75) is 25.6 Å². The number of pyridine rings is 1. The van der Waals surface area contributed by atoms with Gasteiger partial charge in [0.05, 0.1) is 18.3 Å². The molecule has 1 amide bonds. The summed E-state index contributed by atoms with van der Waals surface area (Å²) in [7, 11) is 0. The minimum atomic E-state index is -0.00308. The second kappa shape index (κ2) is 8.09. The van der Waals surface area contributed by atoms with E-state index in [4.69, 9.17) is 4.74 Å². The molecule has 0 bridgehead atoms. The van der Waals surface area contributed by atoms with Crippen molar-refractivity contribution in [2.75, 3.05) is 13.1 Å². The number of ether oxygens (including phenoxy) is 1. The third kappa shape index (κ3) is 4.03. The summed E-state index contributed by atoms with van der Waals surface area (Å²) in [6.07, 6.45) is 6.90. The van der Waals surface area contributed by atoms with E-state index in [9.17, 15) is 4.79 Å². The van der Waals surface area contributed by atoms with E-state index in [-0.39, 0.29) is 12.0 Å². The van der Waals surface area contributed by atoms with E-state index < -0.39 is 0 Å². The molecule has 0 unspecified atom stereocenters. The molecule has 4 rings (SSSR count). The highest BCUT2D eigenvalue weighted by atomic mass is 16.5. The molecule has 1 aromatic carbocycles. The van der Waals surface area contributed by atoms with Crippen LogP contribution in [0.25, 0.3) is 11.4 Å². The number of rotatable bonds is 5. The Morgan fingerprint density at radius 2 is 2.19 bits per heavy atom. The van der Waals surface area contributed by atoms with Crippen LogP contribution < -0.4 is 0 Å². The Balaban J connectivity index is 1.45. The Morgan fingerprint density at radius 3 is 3.00 bits per heavy atom. The van der Waals surface area contributed by atoms with Crippen LogP contribution in [0.1, 0.15) is 28.8 Å². The molecule has 2 aromatic heterocycles. The fourth-order valence-electron chi connectivity index (χ4n) is 3.34. The van der Waals surface area contributed by atoms with Crippen molar-refractivity contribution < 1.29 is 9.53 Å². The number of aromatic nitrogens is 4. The fourth-order valence-corrected chi connectivity index (χ4v) is 3.34. The van der Waals surface area contributed by atoms with Gasteiger partial charge in [-0.05, 0) is 30.5 Å². The molecule has 7 nitrogen and oxygen atoms in total. The van der Waals surface area contributed by atoms with Crippen molar-refractivity contribution in [3.63, 3.8) is 0 Å². The van der Waals surface area contributed by atoms with Crippen LogP contribution in [0.4, 0.5) is 0 Å². The van der Waals surface area contributed by atoms with Crippen LogP contribution >= 0.6 is 0 Å². The summed E-state index contributed by atoms with van der Waals surface area (Å²) in [5, 5.41) is 6.73. The monoisotopic (exact) mass is 363 g/mol. The van der Waals surface area contributed by atoms with E-state index in [2.05, 4.69) is 20.2 Å². The van der Waals surface area contributed by atoms with Gasteiger partial charge in [0.1, 0.15) is 6.33 Å². The van der Waals surface area contributed by atoms with Gasteiger partial charge in [0, 0.05) is 31.0 Å². The number of likely N-dealkylation sites (tertiary alicyclic amines) is 1. The summed E-state index contributed by atoms with van der Waals surface area (Å²) < 4.78 is 6.03. The Bertz CT molecular complexity index is 882. The van der Waals surface area contributed by atoms with Crippen LogP contribution in [0.15, 0.2) is 55.1 Å². The minimum absolute atomic E-state index is 0.00308. The number of hydrogen-bond acceptors (Lipinski definition) is 5. The first-order chi connectivity index (χ1) is 13.3. The highest BCUT2D eigenvalue weighted by Crippen LogP contribution is 2.23. The SMILES string of the molecule is O=C(c1ccccc1-c1ncn[nH]1)N1CCC[C@H](OCc2cccnc2)C1. The van der Waals surface area contributed by atoms with Gasteiger partial charge in [0.15, 0.2) is 5.82 Å². The first kappa shape index (κ1) is 17.4. The number of amides is 1. The molecule has 0 radical (unpaired) electrons. The third-order valence-electron chi connectivity index (χ3n) is 4.70. The molecule has 1 saturated heterocycles. The van der Waals surface area contributed by atoms with Gasteiger partial charge in [0.2, 0.25) is 0 Å². The average Bonchev–Trinajstić information content (AvgIpc) is 3.27. The van der Waals surface area contributed by atoms with E-state index in [1.807, 2.05) is 41.3 Å². The number of nitrogens with zero attached hydrogens (tertiary/aromatic N) is 4. The maximum absolute atomic E-state index is 13.1. The number of carbonyl (C=O) groups excluding carboxylic acids is 1.